The molecule has 0 saturated heterocycles. The summed E-state index contributed by atoms with van der Waals surface area (Å²) in [5.74, 6) is 0. The fourth-order valence-electron chi connectivity index (χ4n) is 7.35. The van der Waals surface area contributed by atoms with Crippen molar-refractivity contribution in [1.29, 1.82) is 0 Å². The Morgan fingerprint density at radius 3 is 1.94 bits per heavy atom. The molecule has 0 radical (unpaired) electrons. The number of para-hydroxylation sites is 2. The van der Waals surface area contributed by atoms with E-state index in [0.717, 1.165) is 50.1 Å². The van der Waals surface area contributed by atoms with Gasteiger partial charge in [-0.05, 0) is 82.1 Å². The van der Waals surface area contributed by atoms with Crippen molar-refractivity contribution in [2.24, 2.45) is 0 Å². The van der Waals surface area contributed by atoms with E-state index in [1.54, 1.807) is 0 Å². The summed E-state index contributed by atoms with van der Waals surface area (Å²) in [4.78, 5) is 2.40. The Bertz CT molecular complexity index is 2840. The number of hydrogen-bond acceptors (Lipinski definition) is 3. The molecule has 0 spiro atoms. The minimum atomic E-state index is 0.895. The number of fused-ring (bicyclic) bond motifs is 7. The lowest BCUT2D eigenvalue weighted by molar-refractivity contribution is 0.669. The number of rotatable bonds is 5. The topological polar surface area (TPSA) is 16.4 Å². The highest BCUT2D eigenvalue weighted by Gasteiger charge is 2.19. The molecular formula is C46H29NOS. The zero-order valence-electron chi connectivity index (χ0n) is 26.5. The molecule has 3 heteroatoms. The maximum atomic E-state index is 6.33. The Kier molecular flexibility index (Phi) is 6.39. The molecule has 0 aliphatic heterocycles. The zero-order valence-corrected chi connectivity index (χ0v) is 27.3. The van der Waals surface area contributed by atoms with Crippen LogP contribution in [0.5, 0.6) is 0 Å². The molecule has 8 aromatic carbocycles. The molecule has 49 heavy (non-hydrogen) atoms. The molecule has 230 valence electrons. The van der Waals surface area contributed by atoms with Crippen LogP contribution in [-0.2, 0) is 0 Å². The average molecular weight is 644 g/mol. The van der Waals surface area contributed by atoms with Crippen molar-refractivity contribution in [1.82, 2.24) is 0 Å². The lowest BCUT2D eigenvalue weighted by Gasteiger charge is -2.28. The van der Waals surface area contributed by atoms with E-state index in [1.165, 1.54) is 42.1 Å². The summed E-state index contributed by atoms with van der Waals surface area (Å²) in [5, 5.41) is 7.38. The van der Waals surface area contributed by atoms with Crippen molar-refractivity contribution in [2.45, 2.75) is 0 Å². The van der Waals surface area contributed by atoms with Gasteiger partial charge in [-0.2, -0.15) is 0 Å². The highest BCUT2D eigenvalue weighted by atomic mass is 32.1. The van der Waals surface area contributed by atoms with Crippen molar-refractivity contribution in [3.63, 3.8) is 0 Å². The maximum Gasteiger partial charge on any atom is 0.136 e. The van der Waals surface area contributed by atoms with Crippen LogP contribution in [0.15, 0.2) is 180 Å². The van der Waals surface area contributed by atoms with Crippen LogP contribution in [0.2, 0.25) is 0 Å². The number of anilines is 3. The highest BCUT2D eigenvalue weighted by molar-refractivity contribution is 7.25. The lowest BCUT2D eigenvalue weighted by Crippen LogP contribution is -2.11. The smallest absolute Gasteiger partial charge is 0.136 e. The van der Waals surface area contributed by atoms with Crippen LogP contribution in [0.4, 0.5) is 17.1 Å². The first-order valence-electron chi connectivity index (χ1n) is 16.6. The second-order valence-corrected chi connectivity index (χ2v) is 13.6. The molecule has 0 saturated carbocycles. The monoisotopic (exact) mass is 643 g/mol. The molecule has 0 N–H and O–H groups in total. The molecule has 0 unspecified atom stereocenters. The summed E-state index contributed by atoms with van der Waals surface area (Å²) in [6.45, 7) is 0. The van der Waals surface area contributed by atoms with Gasteiger partial charge in [-0.3, -0.25) is 0 Å². The first-order valence-corrected chi connectivity index (χ1v) is 17.4. The van der Waals surface area contributed by atoms with Gasteiger partial charge in [0.2, 0.25) is 0 Å². The quantitative estimate of drug-likeness (QED) is 0.186. The van der Waals surface area contributed by atoms with Crippen molar-refractivity contribution < 1.29 is 4.42 Å². The molecule has 0 fully saturated rings. The van der Waals surface area contributed by atoms with E-state index in [-0.39, 0.29) is 0 Å². The maximum absolute atomic E-state index is 6.33. The van der Waals surface area contributed by atoms with Gasteiger partial charge in [0.1, 0.15) is 11.2 Å². The molecule has 0 aliphatic carbocycles. The zero-order chi connectivity index (χ0) is 32.3. The van der Waals surface area contributed by atoms with Crippen LogP contribution in [0.25, 0.3) is 75.1 Å². The summed E-state index contributed by atoms with van der Waals surface area (Å²) in [5.41, 5.74) is 9.82. The molecule has 2 heterocycles. The van der Waals surface area contributed by atoms with E-state index in [1.807, 2.05) is 23.5 Å². The third-order valence-electron chi connectivity index (χ3n) is 9.68. The fraction of sp³-hybridized carbons (Fsp3) is 0. The van der Waals surface area contributed by atoms with Gasteiger partial charge in [0.25, 0.3) is 0 Å². The standard InChI is InChI=1S/C46H29NOS/c1-2-12-35-30(10-1)11-9-16-36(35)31-20-23-33(24-21-31)47(34-25-27-41-40-15-5-8-19-45(40)49-46(41)29-34)42-17-6-3-13-37(42)32-22-26-39-38-14-4-7-18-43(38)48-44(39)28-32/h1-29H. The van der Waals surface area contributed by atoms with E-state index >= 15 is 0 Å². The predicted molar refractivity (Wildman–Crippen MR) is 210 cm³/mol. The van der Waals surface area contributed by atoms with Crippen LogP contribution in [0.1, 0.15) is 0 Å². The molecule has 2 nitrogen and oxygen atoms in total. The predicted octanol–water partition coefficient (Wildman–Crippen LogP) is 13.9. The Morgan fingerprint density at radius 1 is 0.388 bits per heavy atom. The summed E-state index contributed by atoms with van der Waals surface area (Å²) in [7, 11) is 0. The van der Waals surface area contributed by atoms with Gasteiger partial charge < -0.3 is 9.32 Å². The molecule has 10 rings (SSSR count). The third-order valence-corrected chi connectivity index (χ3v) is 10.8. The molecule has 0 aliphatic rings. The number of thiophene rings is 1. The summed E-state index contributed by atoms with van der Waals surface area (Å²) < 4.78 is 8.92. The third kappa shape index (κ3) is 4.62. The first-order chi connectivity index (χ1) is 24.3. The molecular weight excluding hydrogens is 615 g/mol. The molecule has 0 amide bonds. The van der Waals surface area contributed by atoms with E-state index < -0.39 is 0 Å². The first kappa shape index (κ1) is 27.9. The Labute approximate surface area is 287 Å². The van der Waals surface area contributed by atoms with Crippen LogP contribution >= 0.6 is 11.3 Å². The van der Waals surface area contributed by atoms with Crippen LogP contribution < -0.4 is 4.90 Å². The second kappa shape index (κ2) is 11.2. The van der Waals surface area contributed by atoms with Gasteiger partial charge in [-0.15, -0.1) is 11.3 Å². The normalized spacial score (nSPS) is 11.7. The number of furan rings is 1. The second-order valence-electron chi connectivity index (χ2n) is 12.5. The van der Waals surface area contributed by atoms with Crippen molar-refractivity contribution in [3.05, 3.63) is 176 Å². The molecule has 10 aromatic rings. The van der Waals surface area contributed by atoms with Gasteiger partial charge >= 0.3 is 0 Å². The van der Waals surface area contributed by atoms with Gasteiger partial charge in [0.15, 0.2) is 0 Å². The van der Waals surface area contributed by atoms with Gasteiger partial charge in [0.05, 0.1) is 5.69 Å². The number of hydrogen-bond donors (Lipinski definition) is 0. The lowest BCUT2D eigenvalue weighted by atomic mass is 9.97. The SMILES string of the molecule is c1ccc(N(c2ccc(-c3cccc4ccccc34)cc2)c2ccc3c(c2)sc2ccccc23)c(-c2ccc3c(c2)oc2ccccc23)c1. The molecule has 2 aromatic heterocycles. The summed E-state index contributed by atoms with van der Waals surface area (Å²) in [6.07, 6.45) is 0. The highest BCUT2D eigenvalue weighted by Crippen LogP contribution is 2.45. The summed E-state index contributed by atoms with van der Waals surface area (Å²) >= 11 is 1.85. The number of benzene rings is 8. The van der Waals surface area contributed by atoms with Gasteiger partial charge in [-0.25, -0.2) is 0 Å². The van der Waals surface area contributed by atoms with E-state index in [4.69, 9.17) is 4.42 Å². The van der Waals surface area contributed by atoms with E-state index in [0.29, 0.717) is 0 Å². The average Bonchev–Trinajstić information content (AvgIpc) is 3.73. The summed E-state index contributed by atoms with van der Waals surface area (Å²) in [6, 6.07) is 63.3. The fourth-order valence-corrected chi connectivity index (χ4v) is 8.49. The largest absolute Gasteiger partial charge is 0.456 e. The molecule has 0 atom stereocenters. The van der Waals surface area contributed by atoms with Gasteiger partial charge in [0, 0.05) is 47.9 Å². The van der Waals surface area contributed by atoms with E-state index in [9.17, 15) is 0 Å². The Balaban J connectivity index is 1.15. The van der Waals surface area contributed by atoms with Crippen LogP contribution in [0, 0.1) is 0 Å². The van der Waals surface area contributed by atoms with Gasteiger partial charge in [-0.1, -0.05) is 121 Å². The minimum absolute atomic E-state index is 0.895. The Hall–Kier alpha value is -6.16. The van der Waals surface area contributed by atoms with Crippen LogP contribution in [-0.4, -0.2) is 0 Å². The van der Waals surface area contributed by atoms with Crippen molar-refractivity contribution in [2.75, 3.05) is 4.90 Å². The van der Waals surface area contributed by atoms with Crippen molar-refractivity contribution in [3.8, 4) is 22.3 Å². The number of nitrogens with zero attached hydrogens (tertiary/aromatic N) is 1. The van der Waals surface area contributed by atoms with Crippen molar-refractivity contribution >= 4 is 81.3 Å². The Morgan fingerprint density at radius 2 is 1.02 bits per heavy atom. The minimum Gasteiger partial charge on any atom is -0.456 e. The van der Waals surface area contributed by atoms with E-state index in [2.05, 4.69) is 169 Å². The van der Waals surface area contributed by atoms with Crippen LogP contribution in [0.3, 0.4) is 0 Å². The molecule has 0 bridgehead atoms.